The van der Waals surface area contributed by atoms with Crippen molar-refractivity contribution in [3.8, 4) is 11.5 Å². The van der Waals surface area contributed by atoms with Crippen LogP contribution in [0.4, 0.5) is 11.4 Å². The molecule has 1 aromatic rings. The molecule has 0 aromatic heterocycles. The molecule has 3 rings (SSSR count). The van der Waals surface area contributed by atoms with Crippen molar-refractivity contribution in [2.75, 3.05) is 37.7 Å². The van der Waals surface area contributed by atoms with E-state index in [4.69, 9.17) is 24.7 Å². The van der Waals surface area contributed by atoms with Crippen molar-refractivity contribution in [2.24, 2.45) is 0 Å². The molecule has 22 heavy (non-hydrogen) atoms. The lowest BCUT2D eigenvalue weighted by atomic mass is 10.1. The molecule has 1 aromatic carbocycles. The van der Waals surface area contributed by atoms with Crippen molar-refractivity contribution < 1.29 is 23.7 Å². The largest absolute Gasteiger partial charge is 0.454 e. The second kappa shape index (κ2) is 6.85. The molecule has 0 aliphatic carbocycles. The van der Waals surface area contributed by atoms with Crippen LogP contribution in [0.25, 0.3) is 0 Å². The Morgan fingerprint density at radius 3 is 2.77 bits per heavy atom. The molecule has 0 spiro atoms. The van der Waals surface area contributed by atoms with E-state index in [1.54, 1.807) is 12.1 Å². The van der Waals surface area contributed by atoms with Gasteiger partial charge in [-0.2, -0.15) is 0 Å². The molecule has 1 fully saturated rings. The van der Waals surface area contributed by atoms with Gasteiger partial charge in [0, 0.05) is 25.3 Å². The third kappa shape index (κ3) is 3.61. The normalized spacial score (nSPS) is 17.5. The van der Waals surface area contributed by atoms with Crippen molar-refractivity contribution in [3.05, 3.63) is 12.1 Å². The number of hydrogen-bond donors (Lipinski definition) is 2. The van der Waals surface area contributed by atoms with Crippen molar-refractivity contribution >= 4 is 17.3 Å². The van der Waals surface area contributed by atoms with Crippen LogP contribution in [0, 0.1) is 0 Å². The van der Waals surface area contributed by atoms with Gasteiger partial charge < -0.3 is 30.0 Å². The number of fused-ring (bicyclic) bond motifs is 1. The lowest BCUT2D eigenvalue weighted by Gasteiger charge is -2.22. The molecule has 0 saturated carbocycles. The Kier molecular flexibility index (Phi) is 4.65. The minimum atomic E-state index is -0.141. The Hall–Kier alpha value is -1.99. The minimum Gasteiger partial charge on any atom is -0.454 e. The van der Waals surface area contributed by atoms with E-state index in [-0.39, 0.29) is 25.2 Å². The average Bonchev–Trinajstić information content (AvgIpc) is 2.96. The molecular formula is C15H20N2O5. The van der Waals surface area contributed by atoms with Gasteiger partial charge in [0.15, 0.2) is 11.5 Å². The molecule has 3 N–H and O–H groups in total. The van der Waals surface area contributed by atoms with Crippen molar-refractivity contribution in [2.45, 2.75) is 25.4 Å². The maximum Gasteiger partial charge on any atom is 0.231 e. The molecule has 7 heteroatoms. The Morgan fingerprint density at radius 1 is 1.27 bits per heavy atom. The molecule has 2 aliphatic heterocycles. The monoisotopic (exact) mass is 308 g/mol. The standard InChI is InChI=1S/C15H20N2O5/c16-11-7-13-14(22-9-21-13)8-12(11)17-15(18)3-6-20-10-1-4-19-5-2-10/h7-8,10H,1-6,9,16H2,(H,17,18). The number of rotatable bonds is 5. The van der Waals surface area contributed by atoms with Crippen molar-refractivity contribution in [1.29, 1.82) is 0 Å². The van der Waals surface area contributed by atoms with Crippen molar-refractivity contribution in [3.63, 3.8) is 0 Å². The minimum absolute atomic E-state index is 0.141. The van der Waals surface area contributed by atoms with Gasteiger partial charge in [-0.25, -0.2) is 0 Å². The number of nitrogens with two attached hydrogens (primary N) is 1. The number of carbonyl (C=O) groups excluding carboxylic acids is 1. The average molecular weight is 308 g/mol. The van der Waals surface area contributed by atoms with Crippen LogP contribution in [0.2, 0.25) is 0 Å². The zero-order valence-electron chi connectivity index (χ0n) is 12.3. The number of nitrogens with one attached hydrogen (secondary N) is 1. The fourth-order valence-electron chi connectivity index (χ4n) is 2.44. The van der Waals surface area contributed by atoms with Crippen LogP contribution in [-0.4, -0.2) is 38.6 Å². The maximum absolute atomic E-state index is 12.0. The number of nitrogen functional groups attached to an aromatic ring is 1. The van der Waals surface area contributed by atoms with E-state index in [0.717, 1.165) is 26.1 Å². The van der Waals surface area contributed by atoms with Gasteiger partial charge in [0.2, 0.25) is 12.7 Å². The topological polar surface area (TPSA) is 92.0 Å². The highest BCUT2D eigenvalue weighted by molar-refractivity contribution is 5.94. The van der Waals surface area contributed by atoms with E-state index >= 15 is 0 Å². The van der Waals surface area contributed by atoms with E-state index in [0.29, 0.717) is 29.5 Å². The number of amides is 1. The summed E-state index contributed by atoms with van der Waals surface area (Å²) in [5.41, 5.74) is 6.87. The van der Waals surface area contributed by atoms with E-state index in [1.165, 1.54) is 0 Å². The second-order valence-corrected chi connectivity index (χ2v) is 5.27. The molecule has 7 nitrogen and oxygen atoms in total. The Balaban J connectivity index is 1.47. The fraction of sp³-hybridized carbons (Fsp3) is 0.533. The van der Waals surface area contributed by atoms with Gasteiger partial charge in [0.05, 0.1) is 30.5 Å². The molecule has 0 unspecified atom stereocenters. The Morgan fingerprint density at radius 2 is 2.00 bits per heavy atom. The summed E-state index contributed by atoms with van der Waals surface area (Å²) < 4.78 is 21.4. The Labute approximate surface area is 128 Å². The van der Waals surface area contributed by atoms with Gasteiger partial charge in [-0.3, -0.25) is 4.79 Å². The summed E-state index contributed by atoms with van der Waals surface area (Å²) in [7, 11) is 0. The van der Waals surface area contributed by atoms with Crippen LogP contribution < -0.4 is 20.5 Å². The summed E-state index contributed by atoms with van der Waals surface area (Å²) in [6, 6.07) is 3.32. The molecule has 120 valence electrons. The molecule has 0 bridgehead atoms. The third-order valence-corrected chi connectivity index (χ3v) is 3.67. The van der Waals surface area contributed by atoms with E-state index in [2.05, 4.69) is 5.32 Å². The van der Waals surface area contributed by atoms with E-state index in [9.17, 15) is 4.79 Å². The smallest absolute Gasteiger partial charge is 0.231 e. The fourth-order valence-corrected chi connectivity index (χ4v) is 2.44. The van der Waals surface area contributed by atoms with Crippen LogP contribution in [0.5, 0.6) is 11.5 Å². The zero-order valence-corrected chi connectivity index (χ0v) is 12.3. The lowest BCUT2D eigenvalue weighted by Crippen LogP contribution is -2.25. The predicted molar refractivity (Wildman–Crippen MR) is 80.0 cm³/mol. The van der Waals surface area contributed by atoms with Gasteiger partial charge in [0.1, 0.15) is 0 Å². The first-order valence-electron chi connectivity index (χ1n) is 7.40. The van der Waals surface area contributed by atoms with Crippen molar-refractivity contribution in [1.82, 2.24) is 0 Å². The summed E-state index contributed by atoms with van der Waals surface area (Å²) in [6.45, 7) is 2.02. The number of ether oxygens (including phenoxy) is 4. The second-order valence-electron chi connectivity index (χ2n) is 5.27. The predicted octanol–water partition coefficient (Wildman–Crippen LogP) is 1.52. The summed E-state index contributed by atoms with van der Waals surface area (Å²) in [5, 5.41) is 2.77. The first-order valence-corrected chi connectivity index (χ1v) is 7.40. The SMILES string of the molecule is Nc1cc2c(cc1NC(=O)CCOC1CCOCC1)OCO2. The molecule has 2 heterocycles. The van der Waals surface area contributed by atoms with Crippen LogP contribution in [0.1, 0.15) is 19.3 Å². The first-order chi connectivity index (χ1) is 10.7. The van der Waals surface area contributed by atoms with E-state index < -0.39 is 0 Å². The number of benzene rings is 1. The summed E-state index contributed by atoms with van der Waals surface area (Å²) in [4.78, 5) is 12.0. The zero-order chi connectivity index (χ0) is 15.4. The highest BCUT2D eigenvalue weighted by Gasteiger charge is 2.18. The molecule has 2 aliphatic rings. The highest BCUT2D eigenvalue weighted by Crippen LogP contribution is 2.38. The number of hydrogen-bond acceptors (Lipinski definition) is 6. The lowest BCUT2D eigenvalue weighted by molar-refractivity contribution is -0.118. The van der Waals surface area contributed by atoms with Gasteiger partial charge in [0.25, 0.3) is 0 Å². The molecule has 0 radical (unpaired) electrons. The van der Waals surface area contributed by atoms with Crippen LogP contribution in [-0.2, 0) is 14.3 Å². The van der Waals surface area contributed by atoms with Crippen LogP contribution in [0.3, 0.4) is 0 Å². The van der Waals surface area contributed by atoms with Gasteiger partial charge in [-0.1, -0.05) is 0 Å². The summed E-state index contributed by atoms with van der Waals surface area (Å²) in [6.07, 6.45) is 2.25. The number of carbonyl (C=O) groups is 1. The first kappa shape index (κ1) is 14.9. The van der Waals surface area contributed by atoms with Gasteiger partial charge >= 0.3 is 0 Å². The molecule has 1 saturated heterocycles. The van der Waals surface area contributed by atoms with E-state index in [1.807, 2.05) is 0 Å². The molecule has 1 amide bonds. The summed E-state index contributed by atoms with van der Waals surface area (Å²) in [5.74, 6) is 1.04. The van der Waals surface area contributed by atoms with Gasteiger partial charge in [-0.15, -0.1) is 0 Å². The molecular weight excluding hydrogens is 288 g/mol. The van der Waals surface area contributed by atoms with Crippen LogP contribution >= 0.6 is 0 Å². The molecule has 0 atom stereocenters. The highest BCUT2D eigenvalue weighted by atomic mass is 16.7. The summed E-state index contributed by atoms with van der Waals surface area (Å²) >= 11 is 0. The maximum atomic E-state index is 12.0. The quantitative estimate of drug-likeness (QED) is 0.801. The Bertz CT molecular complexity index is 543. The van der Waals surface area contributed by atoms with Gasteiger partial charge in [-0.05, 0) is 12.8 Å². The number of anilines is 2. The third-order valence-electron chi connectivity index (χ3n) is 3.67. The van der Waals surface area contributed by atoms with Crippen LogP contribution in [0.15, 0.2) is 12.1 Å².